The molecule has 0 unspecified atom stereocenters. The third kappa shape index (κ3) is 4.67. The van der Waals surface area contributed by atoms with Crippen LogP contribution >= 0.6 is 24.8 Å². The molecule has 2 aromatic heterocycles. The van der Waals surface area contributed by atoms with Crippen molar-refractivity contribution in [2.75, 3.05) is 19.6 Å². The molecule has 1 N–H and O–H groups in total. The van der Waals surface area contributed by atoms with Crippen LogP contribution in [-0.4, -0.2) is 43.9 Å². The first-order valence-corrected chi connectivity index (χ1v) is 9.94. The van der Waals surface area contributed by atoms with Crippen LogP contribution in [0.25, 0.3) is 11.5 Å². The van der Waals surface area contributed by atoms with Crippen molar-refractivity contribution in [1.29, 1.82) is 0 Å². The van der Waals surface area contributed by atoms with Crippen LogP contribution in [0.4, 0.5) is 0 Å². The van der Waals surface area contributed by atoms with Crippen molar-refractivity contribution in [2.24, 2.45) is 0 Å². The fraction of sp³-hybridized carbons (Fsp3) is 0.429. The second-order valence-corrected chi connectivity index (χ2v) is 7.60. The standard InChI is InChI=1S/C21H26N6.2ClH/c1-2-5-17(6-3-1)15-25-10-4-7-18(16-25)26-11-9-23-21(26)20-13-19-14-22-8-12-27(19)24-20;;/h1-3,5-6,9,11,13,18,22H,4,7-8,10,12,14-16H2;2*1H/t18-;;/m0../s1. The Morgan fingerprint density at radius 3 is 2.79 bits per heavy atom. The van der Waals surface area contributed by atoms with E-state index in [0.29, 0.717) is 6.04 Å². The molecule has 6 nitrogen and oxygen atoms in total. The minimum absolute atomic E-state index is 0. The van der Waals surface area contributed by atoms with E-state index in [1.165, 1.54) is 30.6 Å². The van der Waals surface area contributed by atoms with E-state index in [9.17, 15) is 0 Å². The van der Waals surface area contributed by atoms with E-state index in [-0.39, 0.29) is 24.8 Å². The van der Waals surface area contributed by atoms with Crippen LogP contribution in [0.3, 0.4) is 0 Å². The Morgan fingerprint density at radius 1 is 1.10 bits per heavy atom. The Morgan fingerprint density at radius 2 is 1.97 bits per heavy atom. The molecule has 1 fully saturated rings. The van der Waals surface area contributed by atoms with Crippen molar-refractivity contribution in [3.63, 3.8) is 0 Å². The van der Waals surface area contributed by atoms with Gasteiger partial charge in [0.2, 0.25) is 0 Å². The summed E-state index contributed by atoms with van der Waals surface area (Å²) in [4.78, 5) is 7.23. The van der Waals surface area contributed by atoms with Gasteiger partial charge < -0.3 is 9.88 Å². The average Bonchev–Trinajstić information content (AvgIpc) is 3.36. The lowest BCUT2D eigenvalue weighted by Crippen LogP contribution is -2.36. The molecule has 0 saturated carbocycles. The summed E-state index contributed by atoms with van der Waals surface area (Å²) in [6, 6.07) is 13.4. The third-order valence-electron chi connectivity index (χ3n) is 5.69. The lowest BCUT2D eigenvalue weighted by Gasteiger charge is -2.34. The fourth-order valence-corrected chi connectivity index (χ4v) is 4.35. The van der Waals surface area contributed by atoms with Gasteiger partial charge in [-0.3, -0.25) is 9.58 Å². The van der Waals surface area contributed by atoms with Crippen molar-refractivity contribution in [1.82, 2.24) is 29.5 Å². The van der Waals surface area contributed by atoms with Gasteiger partial charge in [0.25, 0.3) is 0 Å². The first kappa shape index (κ1) is 21.8. The highest BCUT2D eigenvalue weighted by Gasteiger charge is 2.25. The van der Waals surface area contributed by atoms with E-state index in [4.69, 9.17) is 5.10 Å². The normalized spacial score (nSPS) is 19.1. The van der Waals surface area contributed by atoms with Crippen LogP contribution < -0.4 is 5.32 Å². The zero-order valence-corrected chi connectivity index (χ0v) is 18.0. The maximum absolute atomic E-state index is 4.82. The van der Waals surface area contributed by atoms with E-state index in [2.05, 4.69) is 67.0 Å². The van der Waals surface area contributed by atoms with Crippen LogP contribution in [0.2, 0.25) is 0 Å². The molecule has 4 heterocycles. The quantitative estimate of drug-likeness (QED) is 0.682. The first-order valence-electron chi connectivity index (χ1n) is 9.94. The van der Waals surface area contributed by atoms with Crippen molar-refractivity contribution in [3.05, 3.63) is 60.0 Å². The molecule has 0 spiro atoms. The molecule has 0 bridgehead atoms. The highest BCUT2D eigenvalue weighted by molar-refractivity contribution is 5.85. The number of nitrogens with one attached hydrogen (secondary N) is 1. The van der Waals surface area contributed by atoms with E-state index in [1.807, 2.05) is 6.20 Å². The number of hydrogen-bond acceptors (Lipinski definition) is 4. The molecule has 5 rings (SSSR count). The molecule has 1 atom stereocenters. The van der Waals surface area contributed by atoms with Gasteiger partial charge in [-0.2, -0.15) is 5.10 Å². The van der Waals surface area contributed by atoms with E-state index < -0.39 is 0 Å². The minimum Gasteiger partial charge on any atom is -0.325 e. The number of aromatic nitrogens is 4. The highest BCUT2D eigenvalue weighted by atomic mass is 35.5. The van der Waals surface area contributed by atoms with Crippen LogP contribution in [0.1, 0.15) is 30.1 Å². The van der Waals surface area contributed by atoms with Gasteiger partial charge in [0.15, 0.2) is 5.82 Å². The summed E-state index contributed by atoms with van der Waals surface area (Å²) < 4.78 is 4.46. The lowest BCUT2D eigenvalue weighted by molar-refractivity contribution is 0.171. The summed E-state index contributed by atoms with van der Waals surface area (Å²) in [5.74, 6) is 1.00. The molecule has 1 saturated heterocycles. The molecular weight excluding hydrogens is 407 g/mol. The molecule has 8 heteroatoms. The molecule has 3 aromatic rings. The van der Waals surface area contributed by atoms with Crippen molar-refractivity contribution >= 4 is 24.8 Å². The zero-order chi connectivity index (χ0) is 18.1. The van der Waals surface area contributed by atoms with Crippen molar-refractivity contribution < 1.29 is 0 Å². The second-order valence-electron chi connectivity index (χ2n) is 7.60. The number of nitrogens with zero attached hydrogens (tertiary/aromatic N) is 5. The number of halogens is 2. The maximum Gasteiger partial charge on any atom is 0.160 e. The summed E-state index contributed by atoms with van der Waals surface area (Å²) in [7, 11) is 0. The number of likely N-dealkylation sites (tertiary alicyclic amines) is 1. The first-order chi connectivity index (χ1) is 13.4. The van der Waals surface area contributed by atoms with Gasteiger partial charge in [-0.25, -0.2) is 4.98 Å². The van der Waals surface area contributed by atoms with E-state index >= 15 is 0 Å². The predicted octanol–water partition coefficient (Wildman–Crippen LogP) is 3.53. The molecule has 0 aliphatic carbocycles. The number of fused-ring (bicyclic) bond motifs is 1. The van der Waals surface area contributed by atoms with Crippen molar-refractivity contribution in [3.8, 4) is 11.5 Å². The van der Waals surface area contributed by atoms with Crippen LogP contribution in [-0.2, 0) is 19.6 Å². The molecule has 29 heavy (non-hydrogen) atoms. The highest BCUT2D eigenvalue weighted by Crippen LogP contribution is 2.28. The summed E-state index contributed by atoms with van der Waals surface area (Å²) in [5, 5.41) is 8.23. The van der Waals surface area contributed by atoms with Gasteiger partial charge in [-0.1, -0.05) is 30.3 Å². The molecule has 2 aliphatic heterocycles. The molecule has 156 valence electrons. The molecule has 0 radical (unpaired) electrons. The largest absolute Gasteiger partial charge is 0.325 e. The summed E-state index contributed by atoms with van der Waals surface area (Å²) in [6.45, 7) is 6.06. The van der Waals surface area contributed by atoms with Gasteiger partial charge in [-0.15, -0.1) is 24.8 Å². The topological polar surface area (TPSA) is 50.9 Å². The Kier molecular flexibility index (Phi) is 7.35. The Balaban J connectivity index is 0.00000120. The Labute approximate surface area is 184 Å². The maximum atomic E-state index is 4.82. The summed E-state index contributed by atoms with van der Waals surface area (Å²) in [5.41, 5.74) is 3.64. The SMILES string of the molecule is Cl.Cl.c1ccc(CN2CCC[C@H](n3ccnc3-c3cc4n(n3)CCNC4)C2)cc1. The number of imidazole rings is 1. The van der Waals surface area contributed by atoms with Gasteiger partial charge in [0.1, 0.15) is 5.69 Å². The molecule has 1 aromatic carbocycles. The van der Waals surface area contributed by atoms with Crippen LogP contribution in [0.5, 0.6) is 0 Å². The monoisotopic (exact) mass is 434 g/mol. The molecule has 2 aliphatic rings. The van der Waals surface area contributed by atoms with Crippen LogP contribution in [0.15, 0.2) is 48.8 Å². The number of rotatable bonds is 4. The lowest BCUT2D eigenvalue weighted by atomic mass is 10.0. The summed E-state index contributed by atoms with van der Waals surface area (Å²) >= 11 is 0. The smallest absolute Gasteiger partial charge is 0.160 e. The van der Waals surface area contributed by atoms with Gasteiger partial charge in [0.05, 0.1) is 12.2 Å². The Bertz CT molecular complexity index is 884. The third-order valence-corrected chi connectivity index (χ3v) is 5.69. The zero-order valence-electron chi connectivity index (χ0n) is 16.4. The van der Waals surface area contributed by atoms with Gasteiger partial charge in [-0.05, 0) is 31.0 Å². The van der Waals surface area contributed by atoms with Gasteiger partial charge in [0, 0.05) is 44.6 Å². The predicted molar refractivity (Wildman–Crippen MR) is 120 cm³/mol. The van der Waals surface area contributed by atoms with E-state index in [0.717, 1.165) is 44.2 Å². The van der Waals surface area contributed by atoms with Crippen LogP contribution in [0, 0.1) is 0 Å². The van der Waals surface area contributed by atoms with E-state index in [1.54, 1.807) is 0 Å². The molecular formula is C21H28Cl2N6. The summed E-state index contributed by atoms with van der Waals surface area (Å²) in [6.07, 6.45) is 6.47. The number of hydrogen-bond donors (Lipinski definition) is 1. The number of piperidine rings is 1. The fourth-order valence-electron chi connectivity index (χ4n) is 4.35. The minimum atomic E-state index is 0. The average molecular weight is 435 g/mol. The van der Waals surface area contributed by atoms with Crippen molar-refractivity contribution in [2.45, 2.75) is 38.5 Å². The molecule has 0 amide bonds. The number of benzene rings is 1. The van der Waals surface area contributed by atoms with Gasteiger partial charge >= 0.3 is 0 Å². The Hall–Kier alpha value is -1.86. The second kappa shape index (κ2) is 9.76.